The fourth-order valence-corrected chi connectivity index (χ4v) is 2.11. The summed E-state index contributed by atoms with van der Waals surface area (Å²) in [6.45, 7) is 2.02. The Labute approximate surface area is 107 Å². The molecular formula is C12H12BrNO3. The summed E-state index contributed by atoms with van der Waals surface area (Å²) >= 11 is 3.15. The van der Waals surface area contributed by atoms with Gasteiger partial charge in [-0.15, -0.1) is 0 Å². The average Bonchev–Trinajstić information content (AvgIpc) is 2.98. The highest BCUT2D eigenvalue weighted by Gasteiger charge is 2.39. The van der Waals surface area contributed by atoms with Crippen LogP contribution >= 0.6 is 15.9 Å². The van der Waals surface area contributed by atoms with Crippen LogP contribution in [0.4, 0.5) is 5.69 Å². The van der Waals surface area contributed by atoms with Crippen molar-refractivity contribution in [1.82, 2.24) is 0 Å². The van der Waals surface area contributed by atoms with Crippen LogP contribution in [-0.4, -0.2) is 17.0 Å². The van der Waals surface area contributed by atoms with Crippen LogP contribution in [0.5, 0.6) is 0 Å². The zero-order valence-electron chi connectivity index (χ0n) is 9.24. The second kappa shape index (κ2) is 4.49. The van der Waals surface area contributed by atoms with Crippen molar-refractivity contribution in [2.45, 2.75) is 13.3 Å². The summed E-state index contributed by atoms with van der Waals surface area (Å²) in [5.41, 5.74) is 0.668. The number of hydrogen-bond donors (Lipinski definition) is 2. The molecule has 1 saturated carbocycles. The lowest BCUT2D eigenvalue weighted by Gasteiger charge is -2.06. The molecule has 1 fully saturated rings. The van der Waals surface area contributed by atoms with Gasteiger partial charge in [-0.05, 0) is 46.5 Å². The van der Waals surface area contributed by atoms with Crippen LogP contribution in [0.15, 0.2) is 22.7 Å². The van der Waals surface area contributed by atoms with E-state index < -0.39 is 5.97 Å². The third-order valence-corrected chi connectivity index (χ3v) is 3.60. The number of carboxylic acid groups (broad SMARTS) is 1. The zero-order valence-corrected chi connectivity index (χ0v) is 10.8. The number of anilines is 1. The Morgan fingerprint density at radius 3 is 2.65 bits per heavy atom. The maximum absolute atomic E-state index is 11.7. The van der Waals surface area contributed by atoms with E-state index in [0.29, 0.717) is 16.1 Å². The molecule has 0 aromatic heterocycles. The Bertz CT molecular complexity index is 487. The average molecular weight is 298 g/mol. The first kappa shape index (κ1) is 12.1. The number of halogens is 1. The van der Waals surface area contributed by atoms with Gasteiger partial charge in [0.15, 0.2) is 0 Å². The second-order valence-electron chi connectivity index (χ2n) is 4.31. The van der Waals surface area contributed by atoms with E-state index >= 15 is 0 Å². The van der Waals surface area contributed by atoms with Gasteiger partial charge in [0.2, 0.25) is 5.91 Å². The third-order valence-electron chi connectivity index (χ3n) is 2.91. The number of aromatic carboxylic acids is 1. The van der Waals surface area contributed by atoms with Crippen LogP contribution in [0.3, 0.4) is 0 Å². The maximum Gasteiger partial charge on any atom is 0.336 e. The molecule has 0 aliphatic heterocycles. The van der Waals surface area contributed by atoms with Gasteiger partial charge in [0.05, 0.1) is 5.56 Å². The van der Waals surface area contributed by atoms with Gasteiger partial charge in [-0.1, -0.05) is 6.92 Å². The summed E-state index contributed by atoms with van der Waals surface area (Å²) in [5.74, 6) is -0.541. The van der Waals surface area contributed by atoms with Crippen LogP contribution in [0.2, 0.25) is 0 Å². The number of carboxylic acids is 1. The molecule has 17 heavy (non-hydrogen) atoms. The van der Waals surface area contributed by atoms with Crippen molar-refractivity contribution >= 4 is 33.5 Å². The number of amides is 1. The molecule has 0 saturated heterocycles. The minimum absolute atomic E-state index is 0.0313. The van der Waals surface area contributed by atoms with Gasteiger partial charge in [-0.3, -0.25) is 4.79 Å². The monoisotopic (exact) mass is 297 g/mol. The molecule has 2 atom stereocenters. The Hall–Kier alpha value is -1.36. The molecule has 1 aromatic rings. The molecule has 4 nitrogen and oxygen atoms in total. The molecule has 90 valence electrons. The lowest BCUT2D eigenvalue weighted by atomic mass is 10.2. The van der Waals surface area contributed by atoms with E-state index in [9.17, 15) is 9.59 Å². The molecule has 1 aliphatic rings. The molecule has 2 unspecified atom stereocenters. The van der Waals surface area contributed by atoms with Gasteiger partial charge in [0.25, 0.3) is 0 Å². The van der Waals surface area contributed by atoms with Gasteiger partial charge >= 0.3 is 5.97 Å². The fourth-order valence-electron chi connectivity index (χ4n) is 1.69. The number of rotatable bonds is 3. The molecule has 2 rings (SSSR count). The molecule has 1 aliphatic carbocycles. The number of carbonyl (C=O) groups excluding carboxylic acids is 1. The smallest absolute Gasteiger partial charge is 0.336 e. The molecule has 2 N–H and O–H groups in total. The number of carbonyl (C=O) groups is 2. The summed E-state index contributed by atoms with van der Waals surface area (Å²) in [5, 5.41) is 11.7. The third kappa shape index (κ3) is 2.66. The molecule has 0 heterocycles. The fraction of sp³-hybridized carbons (Fsp3) is 0.333. The van der Waals surface area contributed by atoms with Gasteiger partial charge in [0.1, 0.15) is 0 Å². The van der Waals surface area contributed by atoms with Crippen molar-refractivity contribution < 1.29 is 14.7 Å². The summed E-state index contributed by atoms with van der Waals surface area (Å²) in [6.07, 6.45) is 0.911. The van der Waals surface area contributed by atoms with Crippen LogP contribution in [-0.2, 0) is 4.79 Å². The predicted molar refractivity (Wildman–Crippen MR) is 67.0 cm³/mol. The predicted octanol–water partition coefficient (Wildman–Crippen LogP) is 2.74. The lowest BCUT2D eigenvalue weighted by Crippen LogP contribution is -2.14. The Morgan fingerprint density at radius 1 is 1.47 bits per heavy atom. The van der Waals surface area contributed by atoms with E-state index in [2.05, 4.69) is 21.2 Å². The number of nitrogens with one attached hydrogen (secondary N) is 1. The van der Waals surface area contributed by atoms with E-state index in [1.54, 1.807) is 12.1 Å². The summed E-state index contributed by atoms with van der Waals surface area (Å²) in [7, 11) is 0. The van der Waals surface area contributed by atoms with E-state index in [4.69, 9.17) is 5.11 Å². The number of hydrogen-bond acceptors (Lipinski definition) is 2. The van der Waals surface area contributed by atoms with Crippen molar-refractivity contribution in [2.24, 2.45) is 11.8 Å². The Balaban J connectivity index is 2.14. The topological polar surface area (TPSA) is 66.4 Å². The van der Waals surface area contributed by atoms with Gasteiger partial charge in [-0.2, -0.15) is 0 Å². The maximum atomic E-state index is 11.7. The second-order valence-corrected chi connectivity index (χ2v) is 5.16. The summed E-state index contributed by atoms with van der Waals surface area (Å²) in [4.78, 5) is 22.6. The highest BCUT2D eigenvalue weighted by atomic mass is 79.9. The molecule has 1 amide bonds. The molecule has 0 spiro atoms. The first-order valence-corrected chi connectivity index (χ1v) is 6.12. The number of benzene rings is 1. The highest BCUT2D eigenvalue weighted by Crippen LogP contribution is 2.38. The largest absolute Gasteiger partial charge is 0.478 e. The van der Waals surface area contributed by atoms with E-state index in [0.717, 1.165) is 6.42 Å². The minimum Gasteiger partial charge on any atom is -0.478 e. The first-order valence-electron chi connectivity index (χ1n) is 5.32. The normalized spacial score (nSPS) is 22.0. The van der Waals surface area contributed by atoms with E-state index in [1.165, 1.54) is 6.07 Å². The van der Waals surface area contributed by atoms with Crippen LogP contribution in [0, 0.1) is 11.8 Å². The van der Waals surface area contributed by atoms with Gasteiger partial charge in [-0.25, -0.2) is 4.79 Å². The summed E-state index contributed by atoms with van der Waals surface area (Å²) in [6, 6.07) is 4.76. The Morgan fingerprint density at radius 2 is 2.12 bits per heavy atom. The van der Waals surface area contributed by atoms with Crippen LogP contribution in [0.25, 0.3) is 0 Å². The molecular weight excluding hydrogens is 286 g/mol. The molecule has 0 radical (unpaired) electrons. The van der Waals surface area contributed by atoms with E-state index in [-0.39, 0.29) is 17.4 Å². The zero-order chi connectivity index (χ0) is 12.6. The molecule has 1 aromatic carbocycles. The van der Waals surface area contributed by atoms with Gasteiger partial charge < -0.3 is 10.4 Å². The van der Waals surface area contributed by atoms with Crippen molar-refractivity contribution in [1.29, 1.82) is 0 Å². The van der Waals surface area contributed by atoms with Crippen molar-refractivity contribution in [3.8, 4) is 0 Å². The van der Waals surface area contributed by atoms with Crippen molar-refractivity contribution in [3.63, 3.8) is 0 Å². The minimum atomic E-state index is -1.02. The molecule has 5 heteroatoms. The molecule has 0 bridgehead atoms. The Kier molecular flexibility index (Phi) is 3.19. The van der Waals surface area contributed by atoms with Crippen LogP contribution in [0.1, 0.15) is 23.7 Å². The van der Waals surface area contributed by atoms with E-state index in [1.807, 2.05) is 6.92 Å². The van der Waals surface area contributed by atoms with Crippen molar-refractivity contribution in [3.05, 3.63) is 28.2 Å². The van der Waals surface area contributed by atoms with Gasteiger partial charge in [0, 0.05) is 16.1 Å². The quantitative estimate of drug-likeness (QED) is 0.901. The standard InChI is InChI=1S/C12H12BrNO3/c1-6-4-8(6)11(15)14-7-2-3-10(13)9(5-7)12(16)17/h2-3,5-6,8H,4H2,1H3,(H,14,15)(H,16,17). The SMILES string of the molecule is CC1CC1C(=O)Nc1ccc(Br)c(C(=O)O)c1. The van der Waals surface area contributed by atoms with Crippen LogP contribution < -0.4 is 5.32 Å². The lowest BCUT2D eigenvalue weighted by molar-refractivity contribution is -0.117. The first-order chi connectivity index (χ1) is 7.99. The highest BCUT2D eigenvalue weighted by molar-refractivity contribution is 9.10. The van der Waals surface area contributed by atoms with Crippen molar-refractivity contribution in [2.75, 3.05) is 5.32 Å². The summed E-state index contributed by atoms with van der Waals surface area (Å²) < 4.78 is 0.503.